The van der Waals surface area contributed by atoms with Crippen LogP contribution in [-0.2, 0) is 10.2 Å². The maximum Gasteiger partial charge on any atom is 0.231 e. The van der Waals surface area contributed by atoms with Crippen LogP contribution in [-0.4, -0.2) is 26.6 Å². The van der Waals surface area contributed by atoms with Gasteiger partial charge in [-0.05, 0) is 36.6 Å². The van der Waals surface area contributed by atoms with Gasteiger partial charge in [-0.3, -0.25) is 0 Å². The van der Waals surface area contributed by atoms with E-state index in [2.05, 4.69) is 19.1 Å². The van der Waals surface area contributed by atoms with Crippen molar-refractivity contribution in [2.24, 2.45) is 11.7 Å². The van der Waals surface area contributed by atoms with Crippen LogP contribution >= 0.6 is 0 Å². The largest absolute Gasteiger partial charge is 0.454 e. The molecule has 4 nitrogen and oxygen atoms in total. The minimum Gasteiger partial charge on any atom is -0.454 e. The van der Waals surface area contributed by atoms with Gasteiger partial charge in [-0.2, -0.15) is 0 Å². The van der Waals surface area contributed by atoms with Crippen LogP contribution in [0.2, 0.25) is 0 Å². The third kappa shape index (κ3) is 1.68. The molecule has 2 aliphatic rings. The van der Waals surface area contributed by atoms with Crippen LogP contribution in [0.3, 0.4) is 0 Å². The average Bonchev–Trinajstić information content (AvgIpc) is 2.75. The molecule has 98 valence electrons. The zero-order chi connectivity index (χ0) is 12.6. The normalized spacial score (nSPS) is 21.4. The molecule has 1 fully saturated rings. The summed E-state index contributed by atoms with van der Waals surface area (Å²) in [6.07, 6.45) is 1.01. The van der Waals surface area contributed by atoms with Crippen LogP contribution in [0.4, 0.5) is 0 Å². The first-order chi connectivity index (χ1) is 8.76. The molecule has 2 aliphatic heterocycles. The van der Waals surface area contributed by atoms with Crippen LogP contribution in [0, 0.1) is 5.92 Å². The van der Waals surface area contributed by atoms with E-state index >= 15 is 0 Å². The molecule has 0 bridgehead atoms. The van der Waals surface area contributed by atoms with E-state index in [1.165, 1.54) is 5.56 Å². The van der Waals surface area contributed by atoms with E-state index in [4.69, 9.17) is 19.9 Å². The number of benzene rings is 1. The first-order valence-corrected chi connectivity index (χ1v) is 6.44. The van der Waals surface area contributed by atoms with Crippen LogP contribution < -0.4 is 15.2 Å². The van der Waals surface area contributed by atoms with Gasteiger partial charge in [-0.1, -0.05) is 13.0 Å². The van der Waals surface area contributed by atoms with E-state index in [1.54, 1.807) is 0 Å². The zero-order valence-electron chi connectivity index (χ0n) is 10.6. The van der Waals surface area contributed by atoms with Gasteiger partial charge in [-0.15, -0.1) is 0 Å². The Kier molecular flexibility index (Phi) is 2.92. The predicted octanol–water partition coefficient (Wildman–Crippen LogP) is 1.67. The van der Waals surface area contributed by atoms with E-state index in [9.17, 15) is 0 Å². The van der Waals surface area contributed by atoms with E-state index < -0.39 is 0 Å². The zero-order valence-corrected chi connectivity index (χ0v) is 10.6. The van der Waals surface area contributed by atoms with Gasteiger partial charge in [0.25, 0.3) is 0 Å². The standard InChI is InChI=1S/C14H19NO3/c1-10(4-5-15)14(7-16-8-14)11-2-3-12-13(6-11)18-9-17-12/h2-3,6,10H,4-5,7-9,15H2,1H3. The number of nitrogens with two attached hydrogens (primary N) is 1. The molecule has 2 heterocycles. The Labute approximate surface area is 107 Å². The monoisotopic (exact) mass is 249 g/mol. The average molecular weight is 249 g/mol. The van der Waals surface area contributed by atoms with Gasteiger partial charge in [0.05, 0.1) is 13.2 Å². The molecule has 2 N–H and O–H groups in total. The van der Waals surface area contributed by atoms with Gasteiger partial charge < -0.3 is 19.9 Å². The Morgan fingerprint density at radius 3 is 2.72 bits per heavy atom. The number of fused-ring (bicyclic) bond motifs is 1. The van der Waals surface area contributed by atoms with Crippen molar-refractivity contribution in [3.05, 3.63) is 23.8 Å². The van der Waals surface area contributed by atoms with Gasteiger partial charge in [-0.25, -0.2) is 0 Å². The fourth-order valence-corrected chi connectivity index (χ4v) is 2.79. The van der Waals surface area contributed by atoms with E-state index in [0.717, 1.165) is 31.1 Å². The summed E-state index contributed by atoms with van der Waals surface area (Å²) in [5.41, 5.74) is 7.06. The molecular weight excluding hydrogens is 230 g/mol. The molecule has 3 rings (SSSR count). The summed E-state index contributed by atoms with van der Waals surface area (Å²) in [4.78, 5) is 0. The van der Waals surface area contributed by atoms with E-state index in [-0.39, 0.29) is 5.41 Å². The maximum atomic E-state index is 5.69. The van der Waals surface area contributed by atoms with E-state index in [0.29, 0.717) is 19.3 Å². The van der Waals surface area contributed by atoms with Crippen molar-refractivity contribution in [2.45, 2.75) is 18.8 Å². The van der Waals surface area contributed by atoms with Crippen LogP contribution in [0.5, 0.6) is 11.5 Å². The topological polar surface area (TPSA) is 53.7 Å². The Bertz CT molecular complexity index is 443. The van der Waals surface area contributed by atoms with Crippen LogP contribution in [0.15, 0.2) is 18.2 Å². The molecule has 0 radical (unpaired) electrons. The molecule has 0 saturated carbocycles. The molecule has 0 aromatic heterocycles. The molecule has 1 saturated heterocycles. The van der Waals surface area contributed by atoms with Gasteiger partial charge in [0.15, 0.2) is 11.5 Å². The minimum absolute atomic E-state index is 0.0976. The first kappa shape index (κ1) is 11.8. The summed E-state index contributed by atoms with van der Waals surface area (Å²) in [5, 5.41) is 0. The second-order valence-corrected chi connectivity index (χ2v) is 5.20. The van der Waals surface area contributed by atoms with Crippen LogP contribution in [0.1, 0.15) is 18.9 Å². The van der Waals surface area contributed by atoms with Gasteiger partial charge in [0.1, 0.15) is 0 Å². The molecule has 1 unspecified atom stereocenters. The van der Waals surface area contributed by atoms with Crippen molar-refractivity contribution < 1.29 is 14.2 Å². The lowest BCUT2D eigenvalue weighted by Crippen LogP contribution is -2.52. The van der Waals surface area contributed by atoms with Crippen molar-refractivity contribution in [3.8, 4) is 11.5 Å². The summed E-state index contributed by atoms with van der Waals surface area (Å²) in [6, 6.07) is 6.22. The lowest BCUT2D eigenvalue weighted by molar-refractivity contribution is -0.0883. The molecule has 18 heavy (non-hydrogen) atoms. The van der Waals surface area contributed by atoms with Crippen LogP contribution in [0.25, 0.3) is 0 Å². The second-order valence-electron chi connectivity index (χ2n) is 5.20. The molecule has 4 heteroatoms. The highest BCUT2D eigenvalue weighted by Gasteiger charge is 2.45. The quantitative estimate of drug-likeness (QED) is 0.882. The molecule has 1 aromatic carbocycles. The van der Waals surface area contributed by atoms with Crippen molar-refractivity contribution in [1.82, 2.24) is 0 Å². The SMILES string of the molecule is CC(CCN)C1(c2ccc3c(c2)OCO3)COC1. The molecule has 0 aliphatic carbocycles. The second kappa shape index (κ2) is 4.44. The fraction of sp³-hybridized carbons (Fsp3) is 0.571. The number of hydrogen-bond acceptors (Lipinski definition) is 4. The first-order valence-electron chi connectivity index (χ1n) is 6.44. The van der Waals surface area contributed by atoms with Gasteiger partial charge in [0, 0.05) is 5.41 Å². The fourth-order valence-electron chi connectivity index (χ4n) is 2.79. The van der Waals surface area contributed by atoms with Crippen molar-refractivity contribution in [1.29, 1.82) is 0 Å². The third-order valence-corrected chi connectivity index (χ3v) is 4.21. The lowest BCUT2D eigenvalue weighted by atomic mass is 9.68. The van der Waals surface area contributed by atoms with Gasteiger partial charge in [0.2, 0.25) is 6.79 Å². The highest BCUT2D eigenvalue weighted by molar-refractivity contribution is 5.47. The lowest BCUT2D eigenvalue weighted by Gasteiger charge is -2.46. The van der Waals surface area contributed by atoms with E-state index in [1.807, 2.05) is 6.07 Å². The number of ether oxygens (including phenoxy) is 3. The van der Waals surface area contributed by atoms with Crippen molar-refractivity contribution in [3.63, 3.8) is 0 Å². The van der Waals surface area contributed by atoms with Gasteiger partial charge >= 0.3 is 0 Å². The molecule has 1 atom stereocenters. The number of rotatable bonds is 4. The predicted molar refractivity (Wildman–Crippen MR) is 67.9 cm³/mol. The summed E-state index contributed by atoms with van der Waals surface area (Å²) < 4.78 is 16.3. The molecule has 0 amide bonds. The van der Waals surface area contributed by atoms with Crippen molar-refractivity contribution in [2.75, 3.05) is 26.6 Å². The maximum absolute atomic E-state index is 5.69. The Balaban J connectivity index is 1.92. The Morgan fingerprint density at radius 1 is 1.28 bits per heavy atom. The summed E-state index contributed by atoms with van der Waals surface area (Å²) >= 11 is 0. The minimum atomic E-state index is 0.0976. The summed E-state index contributed by atoms with van der Waals surface area (Å²) in [7, 11) is 0. The third-order valence-electron chi connectivity index (χ3n) is 4.21. The highest BCUT2D eigenvalue weighted by Crippen LogP contribution is 2.44. The summed E-state index contributed by atoms with van der Waals surface area (Å²) in [5.74, 6) is 2.19. The van der Waals surface area contributed by atoms with Crippen molar-refractivity contribution >= 4 is 0 Å². The molecule has 1 aromatic rings. The molecular formula is C14H19NO3. The Hall–Kier alpha value is -1.26. The summed E-state index contributed by atoms with van der Waals surface area (Å²) in [6.45, 7) is 4.83. The smallest absolute Gasteiger partial charge is 0.231 e. The Morgan fingerprint density at radius 2 is 2.06 bits per heavy atom. The number of hydrogen-bond donors (Lipinski definition) is 1. The molecule has 0 spiro atoms. The highest BCUT2D eigenvalue weighted by atomic mass is 16.7.